The molecule has 27 heavy (non-hydrogen) atoms. The lowest BCUT2D eigenvalue weighted by Crippen LogP contribution is -2.35. The molecule has 0 saturated heterocycles. The topological polar surface area (TPSA) is 141 Å². The minimum absolute atomic E-state index is 0.0280. The van der Waals surface area contributed by atoms with Crippen molar-refractivity contribution in [1.29, 1.82) is 0 Å². The molecule has 13 heteroatoms. The van der Waals surface area contributed by atoms with Crippen LogP contribution in [0.2, 0.25) is 0 Å². The number of aryl methyl sites for hydroxylation is 2. The fraction of sp³-hybridized carbons (Fsp3) is 0.429. The fourth-order valence-electron chi connectivity index (χ4n) is 2.06. The number of nitrogens with zero attached hydrogens (tertiary/aromatic N) is 5. The van der Waals surface area contributed by atoms with Gasteiger partial charge in [0.1, 0.15) is 17.0 Å². The number of amides is 2. The second-order valence-electron chi connectivity index (χ2n) is 4.99. The maximum absolute atomic E-state index is 13.1. The highest BCUT2D eigenvalue weighted by Gasteiger charge is 2.25. The minimum Gasteiger partial charge on any atom is -0.477 e. The summed E-state index contributed by atoms with van der Waals surface area (Å²) < 4.78 is 25.6. The van der Waals surface area contributed by atoms with Crippen LogP contribution in [-0.2, 0) is 26.3 Å². The Morgan fingerprint density at radius 3 is 2.63 bits per heavy atom. The van der Waals surface area contributed by atoms with Crippen LogP contribution in [0.5, 0.6) is 11.9 Å². The molecule has 2 rings (SSSR count). The predicted molar refractivity (Wildman–Crippen MR) is 99.6 cm³/mol. The van der Waals surface area contributed by atoms with Crippen molar-refractivity contribution >= 4 is 31.8 Å². The summed E-state index contributed by atoms with van der Waals surface area (Å²) in [5.41, 5.74) is 0.423. The first kappa shape index (κ1) is 20.6. The van der Waals surface area contributed by atoms with Gasteiger partial charge in [-0.3, -0.25) is 10.0 Å². The summed E-state index contributed by atoms with van der Waals surface area (Å²) in [6.45, 7) is 5.45. The van der Waals surface area contributed by atoms with E-state index in [-0.39, 0.29) is 29.3 Å². The highest BCUT2D eigenvalue weighted by molar-refractivity contribution is 8.32. The van der Waals surface area contributed by atoms with Crippen LogP contribution < -0.4 is 19.5 Å². The number of carbonyl (C=O) groups excluding carboxylic acids is 1. The van der Waals surface area contributed by atoms with E-state index in [1.54, 1.807) is 13.8 Å². The molecule has 0 spiro atoms. The van der Waals surface area contributed by atoms with E-state index in [2.05, 4.69) is 35.0 Å². The molecule has 0 saturated carbocycles. The van der Waals surface area contributed by atoms with Crippen molar-refractivity contribution < 1.29 is 18.5 Å². The molecule has 2 N–H and O–H groups in total. The zero-order valence-electron chi connectivity index (χ0n) is 15.2. The average molecular weight is 413 g/mol. The Bertz CT molecular complexity index is 937. The smallest absolute Gasteiger partial charge is 0.333 e. The molecule has 1 atom stereocenters. The van der Waals surface area contributed by atoms with E-state index in [1.165, 1.54) is 13.4 Å². The second-order valence-corrected chi connectivity index (χ2v) is 8.02. The van der Waals surface area contributed by atoms with Crippen LogP contribution in [0.4, 0.5) is 10.7 Å². The molecule has 0 bridgehead atoms. The second kappa shape index (κ2) is 8.81. The number of hydrogen-bond donors (Lipinski definition) is 2. The van der Waals surface area contributed by atoms with E-state index in [1.807, 2.05) is 6.92 Å². The van der Waals surface area contributed by atoms with Crippen molar-refractivity contribution in [3.8, 4) is 11.9 Å². The number of anilines is 1. The summed E-state index contributed by atoms with van der Waals surface area (Å²) in [6.07, 6.45) is 1.72. The van der Waals surface area contributed by atoms with Gasteiger partial charge in [0.2, 0.25) is 11.8 Å². The third-order valence-electron chi connectivity index (χ3n) is 3.09. The summed E-state index contributed by atoms with van der Waals surface area (Å²) in [5, 5.41) is 2.35. The van der Waals surface area contributed by atoms with Crippen LogP contribution in [0.25, 0.3) is 0 Å². The summed E-state index contributed by atoms with van der Waals surface area (Å²) in [5.74, 6) is 0.328. The molecular weight excluding hydrogens is 394 g/mol. The van der Waals surface area contributed by atoms with Crippen molar-refractivity contribution in [3.05, 3.63) is 17.8 Å². The normalized spacial score (nSPS) is 12.7. The molecule has 146 valence electrons. The maximum atomic E-state index is 13.1. The van der Waals surface area contributed by atoms with Crippen molar-refractivity contribution in [1.82, 2.24) is 29.6 Å². The Balaban J connectivity index is 2.29. The monoisotopic (exact) mass is 413 g/mol. The van der Waals surface area contributed by atoms with Crippen LogP contribution in [-0.4, -0.2) is 48.9 Å². The third-order valence-corrected chi connectivity index (χ3v) is 5.24. The summed E-state index contributed by atoms with van der Waals surface area (Å²) in [6, 6.07) is -0.837. The number of methoxy groups -OCH3 is 1. The number of hydrogen-bond acceptors (Lipinski definition) is 10. The van der Waals surface area contributed by atoms with Gasteiger partial charge in [0.25, 0.3) is 0 Å². The number of rotatable bonds is 7. The quantitative estimate of drug-likeness (QED) is 0.669. The van der Waals surface area contributed by atoms with Crippen LogP contribution in [0.15, 0.2) is 11.2 Å². The molecule has 2 aromatic heterocycles. The van der Waals surface area contributed by atoms with Gasteiger partial charge in [-0.2, -0.15) is 15.0 Å². The SMILES string of the molecule is CCOc1ncnc(CC)c1S(=O)(=S)NC(=O)Nc1nc(C)nc(OC)n1. The lowest BCUT2D eigenvalue weighted by molar-refractivity contribution is 0.256. The Morgan fingerprint density at radius 2 is 2.00 bits per heavy atom. The molecule has 1 unspecified atom stereocenters. The van der Waals surface area contributed by atoms with Gasteiger partial charge in [0.05, 0.1) is 19.4 Å². The lowest BCUT2D eigenvalue weighted by atomic mass is 10.3. The van der Waals surface area contributed by atoms with Crippen LogP contribution in [0.1, 0.15) is 25.4 Å². The zero-order chi connectivity index (χ0) is 20.0. The highest BCUT2D eigenvalue weighted by Crippen LogP contribution is 2.24. The van der Waals surface area contributed by atoms with Gasteiger partial charge < -0.3 is 9.47 Å². The van der Waals surface area contributed by atoms with E-state index in [4.69, 9.17) is 20.7 Å². The van der Waals surface area contributed by atoms with Gasteiger partial charge in [-0.1, -0.05) is 6.92 Å². The van der Waals surface area contributed by atoms with Crippen molar-refractivity contribution in [2.75, 3.05) is 19.0 Å². The number of carbonyl (C=O) groups is 1. The van der Waals surface area contributed by atoms with Crippen LogP contribution >= 0.6 is 0 Å². The van der Waals surface area contributed by atoms with Gasteiger partial charge >= 0.3 is 12.0 Å². The first-order chi connectivity index (χ1) is 12.8. The Hall–Kier alpha value is -2.67. The zero-order valence-corrected chi connectivity index (χ0v) is 16.8. The van der Waals surface area contributed by atoms with Crippen LogP contribution in [0, 0.1) is 6.92 Å². The van der Waals surface area contributed by atoms with Gasteiger partial charge in [0, 0.05) is 11.2 Å². The molecule has 0 radical (unpaired) electrons. The van der Waals surface area contributed by atoms with E-state index in [0.717, 1.165) is 0 Å². The standard InChI is InChI=1S/C14H19N7O4S2/c1-5-9-10(11(25-6-2)16-7-15-9)27(23,26)21-13(22)19-12-17-8(3)18-14(20-12)24-4/h7H,5-6H2,1-4H3,(H2,17,18,19,20,21,22). The summed E-state index contributed by atoms with van der Waals surface area (Å²) >= 11 is 5.15. The van der Waals surface area contributed by atoms with E-state index in [0.29, 0.717) is 17.9 Å². The average Bonchev–Trinajstić information content (AvgIpc) is 2.60. The van der Waals surface area contributed by atoms with Crippen molar-refractivity contribution in [2.24, 2.45) is 0 Å². The maximum Gasteiger partial charge on any atom is 0.333 e. The largest absolute Gasteiger partial charge is 0.477 e. The number of urea groups is 1. The van der Waals surface area contributed by atoms with Gasteiger partial charge in [0.15, 0.2) is 8.68 Å². The highest BCUT2D eigenvalue weighted by atomic mass is 32.8. The molecule has 0 fully saturated rings. The van der Waals surface area contributed by atoms with E-state index in [9.17, 15) is 9.00 Å². The molecule has 0 aliphatic heterocycles. The molecule has 11 nitrogen and oxygen atoms in total. The summed E-state index contributed by atoms with van der Waals surface area (Å²) in [4.78, 5) is 32.2. The van der Waals surface area contributed by atoms with Crippen molar-refractivity contribution in [3.63, 3.8) is 0 Å². The molecule has 2 aromatic rings. The molecule has 0 aliphatic carbocycles. The predicted octanol–water partition coefficient (Wildman–Crippen LogP) is 0.782. The summed E-state index contributed by atoms with van der Waals surface area (Å²) in [7, 11) is -2.10. The molecule has 2 amide bonds. The molecular formula is C14H19N7O4S2. The Morgan fingerprint density at radius 1 is 1.26 bits per heavy atom. The number of ether oxygens (including phenoxy) is 2. The fourth-order valence-corrected chi connectivity index (χ4v) is 4.03. The van der Waals surface area contributed by atoms with E-state index < -0.39 is 14.7 Å². The third kappa shape index (κ3) is 5.17. The van der Waals surface area contributed by atoms with Gasteiger partial charge in [-0.05, 0) is 20.3 Å². The molecule has 2 heterocycles. The van der Waals surface area contributed by atoms with Gasteiger partial charge in [-0.15, -0.1) is 0 Å². The lowest BCUT2D eigenvalue weighted by Gasteiger charge is -2.15. The molecule has 0 aromatic carbocycles. The Labute approximate surface area is 161 Å². The first-order valence-electron chi connectivity index (χ1n) is 7.87. The van der Waals surface area contributed by atoms with Gasteiger partial charge in [-0.25, -0.2) is 19.0 Å². The van der Waals surface area contributed by atoms with Crippen molar-refractivity contribution in [2.45, 2.75) is 32.1 Å². The van der Waals surface area contributed by atoms with E-state index >= 15 is 0 Å². The number of nitrogens with one attached hydrogen (secondary N) is 2. The Kier molecular flexibility index (Phi) is 6.74. The minimum atomic E-state index is -3.48. The van der Waals surface area contributed by atoms with Crippen LogP contribution in [0.3, 0.4) is 0 Å². The first-order valence-corrected chi connectivity index (χ1v) is 10.4. The molecule has 0 aliphatic rings. The number of aromatic nitrogens is 5.